The normalized spacial score (nSPS) is 20.0. The summed E-state index contributed by atoms with van der Waals surface area (Å²) in [5.74, 6) is -3.71. The van der Waals surface area contributed by atoms with E-state index >= 15 is 0 Å². The van der Waals surface area contributed by atoms with E-state index in [-0.39, 0.29) is 0 Å². The van der Waals surface area contributed by atoms with Gasteiger partial charge in [-0.3, -0.25) is 4.79 Å². The molecule has 9 N–H and O–H groups in total. The first kappa shape index (κ1) is 20.1. The molecule has 0 aromatic rings. The molecule has 2 unspecified atom stereocenters. The first-order valence-corrected chi connectivity index (χ1v) is 6.56. The lowest BCUT2D eigenvalue weighted by Crippen LogP contribution is -2.31. The Morgan fingerprint density at radius 1 is 1.32 bits per heavy atom. The van der Waals surface area contributed by atoms with Crippen LogP contribution in [0.1, 0.15) is 19.3 Å². The third-order valence-electron chi connectivity index (χ3n) is 2.76. The number of aliphatic carboxylic acids is 1. The van der Waals surface area contributed by atoms with E-state index in [0.29, 0.717) is 13.0 Å². The van der Waals surface area contributed by atoms with Crippen molar-refractivity contribution < 1.29 is 39.9 Å². The molecule has 0 spiro atoms. The number of hydrogen-bond acceptors (Lipinski definition) is 9. The summed E-state index contributed by atoms with van der Waals surface area (Å²) in [5, 5.41) is 43.4. The average molecular weight is 322 g/mol. The molecule has 0 aromatic heterocycles. The molecule has 0 bridgehead atoms. The molecular weight excluding hydrogens is 300 g/mol. The van der Waals surface area contributed by atoms with Crippen LogP contribution in [0, 0.1) is 0 Å². The molecule has 0 saturated carbocycles. The Balaban J connectivity index is 0.000000409. The number of carboxylic acids is 1. The van der Waals surface area contributed by atoms with Crippen LogP contribution >= 0.6 is 0 Å². The van der Waals surface area contributed by atoms with Crippen LogP contribution in [0.5, 0.6) is 0 Å². The average Bonchev–Trinajstić information content (AvgIpc) is 2.74. The van der Waals surface area contributed by atoms with Gasteiger partial charge in [-0.2, -0.15) is 0 Å². The van der Waals surface area contributed by atoms with Crippen molar-refractivity contribution in [2.24, 2.45) is 11.5 Å². The largest absolute Gasteiger partial charge is 0.505 e. The zero-order chi connectivity index (χ0) is 17.3. The van der Waals surface area contributed by atoms with Crippen LogP contribution in [0.15, 0.2) is 11.5 Å². The molecule has 0 aliphatic carbocycles. The topological polar surface area (TPSA) is 197 Å². The van der Waals surface area contributed by atoms with E-state index < -0.39 is 48.3 Å². The molecule has 10 nitrogen and oxygen atoms in total. The first-order valence-electron chi connectivity index (χ1n) is 6.56. The van der Waals surface area contributed by atoms with E-state index in [1.165, 1.54) is 0 Å². The van der Waals surface area contributed by atoms with Gasteiger partial charge in [0.2, 0.25) is 5.76 Å². The summed E-state index contributed by atoms with van der Waals surface area (Å²) < 4.78 is 4.32. The van der Waals surface area contributed by atoms with Crippen LogP contribution in [0.3, 0.4) is 0 Å². The molecule has 0 radical (unpaired) electrons. The summed E-state index contributed by atoms with van der Waals surface area (Å²) in [4.78, 5) is 20.7. The van der Waals surface area contributed by atoms with Gasteiger partial charge in [0.1, 0.15) is 12.1 Å². The van der Waals surface area contributed by atoms with E-state index in [4.69, 9.17) is 37.0 Å². The monoisotopic (exact) mass is 322 g/mol. The molecule has 1 aliphatic heterocycles. The van der Waals surface area contributed by atoms with Crippen LogP contribution in [-0.4, -0.2) is 68.9 Å². The molecule has 1 rings (SSSR count). The molecule has 22 heavy (non-hydrogen) atoms. The lowest BCUT2D eigenvalue weighted by atomic mass is 10.1. The highest BCUT2D eigenvalue weighted by Gasteiger charge is 2.38. The molecular formula is C12H22N2O8. The van der Waals surface area contributed by atoms with Crippen LogP contribution in [-0.2, 0) is 14.3 Å². The molecule has 10 heteroatoms. The number of unbranched alkanes of at least 4 members (excludes halogenated alkanes) is 1. The van der Waals surface area contributed by atoms with E-state index in [2.05, 4.69) is 4.74 Å². The number of carboxylic acid groups (broad SMARTS) is 1. The zero-order valence-corrected chi connectivity index (χ0v) is 11.9. The van der Waals surface area contributed by atoms with E-state index in [9.17, 15) is 9.59 Å². The molecule has 1 aliphatic rings. The van der Waals surface area contributed by atoms with Crippen molar-refractivity contribution in [3.05, 3.63) is 11.5 Å². The Morgan fingerprint density at radius 2 is 1.91 bits per heavy atom. The highest BCUT2D eigenvalue weighted by Crippen LogP contribution is 2.20. The lowest BCUT2D eigenvalue weighted by molar-refractivity contribution is -0.147. The van der Waals surface area contributed by atoms with Gasteiger partial charge in [-0.25, -0.2) is 4.79 Å². The first-order chi connectivity index (χ1) is 10.3. The Labute approximate surface area is 126 Å². The summed E-state index contributed by atoms with van der Waals surface area (Å²) in [6.45, 7) is -0.0678. The summed E-state index contributed by atoms with van der Waals surface area (Å²) in [5.41, 5.74) is 10.4. The van der Waals surface area contributed by atoms with Crippen LogP contribution in [0.25, 0.3) is 0 Å². The molecule has 0 aromatic carbocycles. The van der Waals surface area contributed by atoms with Crippen molar-refractivity contribution >= 4 is 11.9 Å². The Morgan fingerprint density at radius 3 is 2.27 bits per heavy atom. The maximum absolute atomic E-state index is 10.5. The third-order valence-corrected chi connectivity index (χ3v) is 2.76. The summed E-state index contributed by atoms with van der Waals surface area (Å²) >= 11 is 0. The fraction of sp³-hybridized carbons (Fsp3) is 0.667. The number of rotatable bonds is 7. The number of esters is 1. The highest BCUT2D eigenvalue weighted by molar-refractivity contribution is 5.89. The fourth-order valence-electron chi connectivity index (χ4n) is 1.45. The fourth-order valence-corrected chi connectivity index (χ4v) is 1.45. The van der Waals surface area contributed by atoms with E-state index in [0.717, 1.165) is 12.8 Å². The minimum Gasteiger partial charge on any atom is -0.505 e. The third kappa shape index (κ3) is 6.26. The molecule has 0 fully saturated rings. The summed E-state index contributed by atoms with van der Waals surface area (Å²) in [6, 6.07) is -0.716. The Kier molecular flexibility index (Phi) is 9.10. The predicted octanol–water partition coefficient (Wildman–Crippen LogP) is -1.88. The summed E-state index contributed by atoms with van der Waals surface area (Å²) in [6.07, 6.45) is -0.613. The van der Waals surface area contributed by atoms with Crippen LogP contribution < -0.4 is 11.5 Å². The van der Waals surface area contributed by atoms with Crippen molar-refractivity contribution in [1.29, 1.82) is 0 Å². The second-order valence-electron chi connectivity index (χ2n) is 4.54. The highest BCUT2D eigenvalue weighted by atomic mass is 16.6. The summed E-state index contributed by atoms with van der Waals surface area (Å²) in [7, 11) is 0. The zero-order valence-electron chi connectivity index (χ0n) is 11.9. The van der Waals surface area contributed by atoms with Crippen molar-refractivity contribution in [1.82, 2.24) is 0 Å². The molecule has 128 valence electrons. The van der Waals surface area contributed by atoms with Crippen molar-refractivity contribution in [3.8, 4) is 0 Å². The van der Waals surface area contributed by atoms with Gasteiger partial charge >= 0.3 is 11.9 Å². The lowest BCUT2D eigenvalue weighted by Gasteiger charge is -2.13. The number of nitrogens with two attached hydrogens (primary N) is 2. The van der Waals surface area contributed by atoms with Gasteiger partial charge in [0.25, 0.3) is 0 Å². The second kappa shape index (κ2) is 9.95. The second-order valence-corrected chi connectivity index (χ2v) is 4.54. The van der Waals surface area contributed by atoms with Crippen molar-refractivity contribution in [3.63, 3.8) is 0 Å². The van der Waals surface area contributed by atoms with Crippen molar-refractivity contribution in [2.75, 3.05) is 13.2 Å². The number of carbonyl (C=O) groups excluding carboxylic acids is 1. The maximum atomic E-state index is 10.5. The van der Waals surface area contributed by atoms with E-state index in [1.807, 2.05) is 0 Å². The number of hydrogen-bond donors (Lipinski definition) is 7. The number of cyclic esters (lactones) is 1. The number of aliphatic hydroxyl groups excluding tert-OH is 4. The van der Waals surface area contributed by atoms with Gasteiger partial charge in [0, 0.05) is 0 Å². The van der Waals surface area contributed by atoms with Gasteiger partial charge in [0.15, 0.2) is 11.9 Å². The van der Waals surface area contributed by atoms with Crippen molar-refractivity contribution in [2.45, 2.75) is 37.5 Å². The van der Waals surface area contributed by atoms with Crippen LogP contribution in [0.4, 0.5) is 0 Å². The number of carbonyl (C=O) groups is 2. The predicted molar refractivity (Wildman–Crippen MR) is 73.8 cm³/mol. The van der Waals surface area contributed by atoms with Gasteiger partial charge in [-0.15, -0.1) is 0 Å². The molecule has 1 heterocycles. The van der Waals surface area contributed by atoms with Gasteiger partial charge in [0.05, 0.1) is 6.61 Å². The van der Waals surface area contributed by atoms with Gasteiger partial charge in [-0.05, 0) is 19.4 Å². The maximum Gasteiger partial charge on any atom is 0.377 e. The Hall–Kier alpha value is -1.88. The van der Waals surface area contributed by atoms with Crippen LogP contribution in [0.2, 0.25) is 0 Å². The molecule has 0 amide bonds. The Bertz CT molecular complexity index is 412. The standard InChI is InChI=1S/C6H14N2O2.C6H8O6/c7-4-2-1-3-5(8)6(9)10;7-1-2(8)5-3(9)4(10)6(11)12-5/h5H,1-4,7-8H2,(H,9,10);2,5,7-10H,1H2/t;2-,5?/m.1/s1. The minimum absolute atomic E-state index is 0.520. The van der Waals surface area contributed by atoms with E-state index in [1.54, 1.807) is 0 Å². The SMILES string of the molecule is NCCCCC(N)C(=O)O.O=C1OC([C@H](O)CO)C(O)=C1O. The quantitative estimate of drug-likeness (QED) is 0.206. The number of ether oxygens (including phenoxy) is 1. The number of aliphatic hydroxyl groups is 4. The molecule has 0 saturated heterocycles. The smallest absolute Gasteiger partial charge is 0.377 e. The van der Waals surface area contributed by atoms with Gasteiger partial charge < -0.3 is 41.7 Å². The molecule has 3 atom stereocenters. The minimum atomic E-state index is -1.42. The van der Waals surface area contributed by atoms with Gasteiger partial charge in [-0.1, -0.05) is 6.42 Å².